The number of hydrogen-bond donors (Lipinski definition) is 2. The number of para-hydroxylation sites is 1. The van der Waals surface area contributed by atoms with Gasteiger partial charge >= 0.3 is 12.1 Å². The van der Waals surface area contributed by atoms with Crippen molar-refractivity contribution in [2.75, 3.05) is 29.9 Å². The van der Waals surface area contributed by atoms with Crippen molar-refractivity contribution in [3.8, 4) is 11.5 Å². The Hall–Kier alpha value is -4.32. The molecule has 0 radical (unpaired) electrons. The van der Waals surface area contributed by atoms with Crippen molar-refractivity contribution in [3.05, 3.63) is 77.6 Å². The highest BCUT2D eigenvalue weighted by Crippen LogP contribution is 2.36. The van der Waals surface area contributed by atoms with Gasteiger partial charge in [-0.25, -0.2) is 4.79 Å². The normalized spacial score (nSPS) is 10.9. The van der Waals surface area contributed by atoms with Gasteiger partial charge in [0.25, 0.3) is 5.91 Å². The average Bonchev–Trinajstić information content (AvgIpc) is 2.88. The van der Waals surface area contributed by atoms with Gasteiger partial charge in [-0.1, -0.05) is 29.8 Å². The summed E-state index contributed by atoms with van der Waals surface area (Å²) < 4.78 is 49.0. The summed E-state index contributed by atoms with van der Waals surface area (Å²) >= 11 is 6.17. The van der Waals surface area contributed by atoms with E-state index >= 15 is 0 Å². The maximum Gasteiger partial charge on any atom is 0.491 e. The molecule has 200 valence electrons. The molecule has 0 bridgehead atoms. The molecule has 0 aliphatic rings. The minimum Gasteiger partial charge on any atom is -0.492 e. The number of esters is 1. The summed E-state index contributed by atoms with van der Waals surface area (Å²) in [7, 11) is 0. The molecular formula is C25H22ClF3N4O5. The van der Waals surface area contributed by atoms with Crippen LogP contribution in [0.4, 0.5) is 24.5 Å². The second kappa shape index (κ2) is 12.8. The molecule has 0 spiro atoms. The molecule has 0 aliphatic heterocycles. The average molecular weight is 551 g/mol. The quantitative estimate of drug-likeness (QED) is 0.208. The van der Waals surface area contributed by atoms with Gasteiger partial charge in [0.05, 0.1) is 10.6 Å². The summed E-state index contributed by atoms with van der Waals surface area (Å²) in [6.07, 6.45) is -2.40. The molecular weight excluding hydrogens is 529 g/mol. The van der Waals surface area contributed by atoms with Gasteiger partial charge in [0.1, 0.15) is 12.4 Å². The predicted octanol–water partition coefficient (Wildman–Crippen LogP) is 4.22. The van der Waals surface area contributed by atoms with Crippen molar-refractivity contribution >= 4 is 40.8 Å². The number of alkyl halides is 3. The maximum atomic E-state index is 13.6. The molecule has 38 heavy (non-hydrogen) atoms. The number of rotatable bonds is 11. The Morgan fingerprint density at radius 1 is 1.05 bits per heavy atom. The third-order valence-electron chi connectivity index (χ3n) is 4.95. The third-order valence-corrected chi connectivity index (χ3v) is 5.23. The minimum atomic E-state index is -5.34. The second-order valence-electron chi connectivity index (χ2n) is 7.69. The Labute approximate surface area is 220 Å². The van der Waals surface area contributed by atoms with Crippen LogP contribution in [-0.4, -0.2) is 48.6 Å². The highest BCUT2D eigenvalue weighted by atomic mass is 35.5. The Morgan fingerprint density at radius 3 is 2.37 bits per heavy atom. The first kappa shape index (κ1) is 28.3. The van der Waals surface area contributed by atoms with Crippen LogP contribution in [-0.2, 0) is 9.59 Å². The number of ether oxygens (including phenoxy) is 2. The second-order valence-corrected chi connectivity index (χ2v) is 8.10. The van der Waals surface area contributed by atoms with E-state index in [1.54, 1.807) is 54.9 Å². The van der Waals surface area contributed by atoms with Gasteiger partial charge in [0.2, 0.25) is 5.91 Å². The van der Waals surface area contributed by atoms with E-state index in [0.29, 0.717) is 12.2 Å². The number of halogens is 4. The van der Waals surface area contributed by atoms with E-state index in [2.05, 4.69) is 15.0 Å². The van der Waals surface area contributed by atoms with Crippen molar-refractivity contribution in [1.29, 1.82) is 0 Å². The monoisotopic (exact) mass is 550 g/mol. The molecule has 0 fully saturated rings. The molecule has 13 heteroatoms. The van der Waals surface area contributed by atoms with Crippen molar-refractivity contribution in [3.63, 3.8) is 0 Å². The maximum absolute atomic E-state index is 13.6. The van der Waals surface area contributed by atoms with Crippen LogP contribution in [0.5, 0.6) is 11.5 Å². The van der Waals surface area contributed by atoms with Crippen molar-refractivity contribution in [1.82, 2.24) is 4.98 Å². The number of nitrogens with zero attached hydrogens (tertiary/aromatic N) is 2. The van der Waals surface area contributed by atoms with E-state index in [1.807, 2.05) is 0 Å². The topological polar surface area (TPSA) is 124 Å². The van der Waals surface area contributed by atoms with Gasteiger partial charge in [-0.05, 0) is 30.3 Å². The molecule has 0 saturated heterocycles. The molecule has 3 rings (SSSR count). The Morgan fingerprint density at radius 2 is 1.74 bits per heavy atom. The number of anilines is 2. The van der Waals surface area contributed by atoms with E-state index < -0.39 is 40.3 Å². The van der Waals surface area contributed by atoms with E-state index in [9.17, 15) is 27.6 Å². The first-order valence-corrected chi connectivity index (χ1v) is 11.5. The molecule has 9 nitrogen and oxygen atoms in total. The van der Waals surface area contributed by atoms with Gasteiger partial charge in [-0.3, -0.25) is 14.6 Å². The minimum absolute atomic E-state index is 0.0320. The summed E-state index contributed by atoms with van der Waals surface area (Å²) in [6, 6.07) is 13.7. The fourth-order valence-electron chi connectivity index (χ4n) is 3.22. The van der Waals surface area contributed by atoms with Crippen LogP contribution in [0.3, 0.4) is 0 Å². The van der Waals surface area contributed by atoms with E-state index in [-0.39, 0.29) is 25.3 Å². The van der Waals surface area contributed by atoms with Crippen molar-refractivity contribution < 1.29 is 37.0 Å². The van der Waals surface area contributed by atoms with Crippen LogP contribution in [0, 0.1) is 0 Å². The van der Waals surface area contributed by atoms with Gasteiger partial charge in [0.15, 0.2) is 5.75 Å². The molecule has 2 aromatic carbocycles. The van der Waals surface area contributed by atoms with E-state index in [4.69, 9.17) is 22.1 Å². The Kier molecular flexibility index (Phi) is 9.49. The lowest BCUT2D eigenvalue weighted by Gasteiger charge is -2.24. The van der Waals surface area contributed by atoms with Crippen LogP contribution in [0.15, 0.2) is 67.0 Å². The van der Waals surface area contributed by atoms with Crippen LogP contribution in [0.2, 0.25) is 5.02 Å². The summed E-state index contributed by atoms with van der Waals surface area (Å²) in [6.45, 7) is 0.200. The first-order chi connectivity index (χ1) is 18.1. The summed E-state index contributed by atoms with van der Waals surface area (Å²) in [5.41, 5.74) is 5.85. The molecule has 1 heterocycles. The largest absolute Gasteiger partial charge is 0.492 e. The van der Waals surface area contributed by atoms with Gasteiger partial charge in [-0.15, -0.1) is 0 Å². The van der Waals surface area contributed by atoms with E-state index in [0.717, 1.165) is 22.7 Å². The smallest absolute Gasteiger partial charge is 0.491 e. The van der Waals surface area contributed by atoms with Crippen LogP contribution in [0.25, 0.3) is 0 Å². The van der Waals surface area contributed by atoms with Gasteiger partial charge in [0, 0.05) is 49.3 Å². The molecule has 1 aromatic heterocycles. The zero-order valence-corrected chi connectivity index (χ0v) is 20.5. The molecule has 0 unspecified atom stereocenters. The predicted molar refractivity (Wildman–Crippen MR) is 133 cm³/mol. The van der Waals surface area contributed by atoms with E-state index in [1.165, 1.54) is 0 Å². The number of aromatic nitrogens is 1. The zero-order chi connectivity index (χ0) is 27.7. The fourth-order valence-corrected chi connectivity index (χ4v) is 3.47. The molecule has 3 aromatic rings. The number of primary amides is 1. The highest BCUT2D eigenvalue weighted by Gasteiger charge is 2.42. The summed E-state index contributed by atoms with van der Waals surface area (Å²) in [4.78, 5) is 41.6. The molecule has 0 saturated carbocycles. The molecule has 0 atom stereocenters. The van der Waals surface area contributed by atoms with Crippen LogP contribution < -0.4 is 25.4 Å². The summed E-state index contributed by atoms with van der Waals surface area (Å²) in [5, 5.41) is 2.61. The number of pyridine rings is 1. The van der Waals surface area contributed by atoms with Crippen LogP contribution >= 0.6 is 11.6 Å². The SMILES string of the molecule is NC(=O)CCN(C(=O)c1cc(OCCNc2ccncc2)cc(Cl)c1OC(=O)C(F)(F)F)c1ccccc1. The highest BCUT2D eigenvalue weighted by molar-refractivity contribution is 6.33. The first-order valence-electron chi connectivity index (χ1n) is 11.1. The number of nitrogens with one attached hydrogen (secondary N) is 1. The molecule has 0 aliphatic carbocycles. The standard InChI is InChI=1S/C25H22ClF3N4O5/c26-20-15-18(37-13-11-32-16-6-9-31-10-7-16)14-19(22(20)38-24(36)25(27,28)29)23(35)33(12-8-21(30)34)17-4-2-1-3-5-17/h1-7,9-10,14-15H,8,11-13H2,(H2,30,34)(H,31,32). The lowest BCUT2D eigenvalue weighted by atomic mass is 10.1. The van der Waals surface area contributed by atoms with Crippen LogP contribution in [0.1, 0.15) is 16.8 Å². The van der Waals surface area contributed by atoms with Crippen molar-refractivity contribution in [2.24, 2.45) is 5.73 Å². The number of carbonyl (C=O) groups is 3. The Balaban J connectivity index is 1.93. The molecule has 2 amide bonds. The van der Waals surface area contributed by atoms with Gasteiger partial charge < -0.3 is 25.4 Å². The fraction of sp³-hybridized carbons (Fsp3) is 0.200. The zero-order valence-electron chi connectivity index (χ0n) is 19.7. The summed E-state index contributed by atoms with van der Waals surface area (Å²) in [5.74, 6) is -4.94. The number of nitrogens with two attached hydrogens (primary N) is 1. The number of hydrogen-bond acceptors (Lipinski definition) is 7. The number of amides is 2. The lowest BCUT2D eigenvalue weighted by molar-refractivity contribution is -0.189. The lowest BCUT2D eigenvalue weighted by Crippen LogP contribution is -2.35. The number of benzene rings is 2. The molecule has 3 N–H and O–H groups in total. The third kappa shape index (κ3) is 7.84. The van der Waals surface area contributed by atoms with Gasteiger partial charge in [-0.2, -0.15) is 13.2 Å². The van der Waals surface area contributed by atoms with Crippen molar-refractivity contribution in [2.45, 2.75) is 12.6 Å². The Bertz CT molecular complexity index is 1280. The number of carbonyl (C=O) groups excluding carboxylic acids is 3.